The third-order valence-corrected chi connectivity index (χ3v) is 3.19. The molecule has 1 heterocycles. The van der Waals surface area contributed by atoms with Crippen molar-refractivity contribution < 1.29 is 9.59 Å². The van der Waals surface area contributed by atoms with Crippen molar-refractivity contribution in [3.05, 3.63) is 0 Å². The molecule has 0 aromatic heterocycles. The molecule has 6 nitrogen and oxygen atoms in total. The van der Waals surface area contributed by atoms with E-state index in [1.807, 2.05) is 13.8 Å². The lowest BCUT2D eigenvalue weighted by molar-refractivity contribution is 0.111. The highest BCUT2D eigenvalue weighted by atomic mass is 32.2. The number of nitrogens with one attached hydrogen (secondary N) is 1. The number of hydrogen-bond acceptors (Lipinski definition) is 4. The quantitative estimate of drug-likeness (QED) is 0.556. The van der Waals surface area contributed by atoms with E-state index < -0.39 is 11.5 Å². The van der Waals surface area contributed by atoms with Gasteiger partial charge in [-0.2, -0.15) is 0 Å². The fourth-order valence-electron chi connectivity index (χ4n) is 1.30. The molecule has 2 unspecified atom stereocenters. The summed E-state index contributed by atoms with van der Waals surface area (Å²) in [4.78, 5) is 24.5. The van der Waals surface area contributed by atoms with E-state index in [1.54, 1.807) is 6.26 Å². The van der Waals surface area contributed by atoms with Gasteiger partial charge in [-0.15, -0.1) is 11.8 Å². The molecule has 0 saturated carbocycles. The molecule has 0 aromatic rings. The van der Waals surface area contributed by atoms with Crippen LogP contribution in [0.4, 0.5) is 9.59 Å². The molecule has 3 N–H and O–H groups in total. The summed E-state index contributed by atoms with van der Waals surface area (Å²) < 4.78 is 0. The van der Waals surface area contributed by atoms with Crippen molar-refractivity contribution in [2.75, 3.05) is 6.26 Å². The topological polar surface area (TPSA) is 78.7 Å². The Morgan fingerprint density at radius 1 is 1.60 bits per heavy atom. The SMILES string of the molecule is CCC(C)N1C(=O)NC(SC)N(N)C1=O. The molecule has 1 saturated heterocycles. The maximum absolute atomic E-state index is 11.8. The van der Waals surface area contributed by atoms with Crippen molar-refractivity contribution in [2.24, 2.45) is 5.84 Å². The highest BCUT2D eigenvalue weighted by Gasteiger charge is 2.38. The zero-order valence-corrected chi connectivity index (χ0v) is 9.87. The number of urea groups is 2. The molecule has 7 heteroatoms. The Balaban J connectivity index is 2.84. The third-order valence-electron chi connectivity index (χ3n) is 2.40. The first-order valence-corrected chi connectivity index (χ1v) is 6.02. The van der Waals surface area contributed by atoms with E-state index in [2.05, 4.69) is 5.32 Å². The normalized spacial score (nSPS) is 24.1. The van der Waals surface area contributed by atoms with Gasteiger partial charge < -0.3 is 5.32 Å². The minimum absolute atomic E-state index is 0.147. The van der Waals surface area contributed by atoms with Crippen molar-refractivity contribution >= 4 is 23.8 Å². The lowest BCUT2D eigenvalue weighted by Gasteiger charge is -2.39. The van der Waals surface area contributed by atoms with Crippen LogP contribution in [0.3, 0.4) is 0 Å². The van der Waals surface area contributed by atoms with Gasteiger partial charge in [0.05, 0.1) is 0 Å². The first-order chi connectivity index (χ1) is 7.02. The highest BCUT2D eigenvalue weighted by molar-refractivity contribution is 7.99. The van der Waals surface area contributed by atoms with Crippen molar-refractivity contribution in [3.8, 4) is 0 Å². The van der Waals surface area contributed by atoms with Crippen LogP contribution >= 0.6 is 11.8 Å². The Hall–Kier alpha value is -0.950. The standard InChI is InChI=1S/C8H16N4O2S/c1-4-5(2)11-6(13)10-7(15-3)12(9)8(11)14/h5,7H,4,9H2,1-3H3,(H,10,13). The van der Waals surface area contributed by atoms with E-state index in [0.29, 0.717) is 6.42 Å². The lowest BCUT2D eigenvalue weighted by Crippen LogP contribution is -2.67. The number of imide groups is 1. The zero-order chi connectivity index (χ0) is 11.6. The molecular weight excluding hydrogens is 216 g/mol. The first kappa shape index (κ1) is 12.1. The average Bonchev–Trinajstić information content (AvgIpc) is 2.23. The summed E-state index contributed by atoms with van der Waals surface area (Å²) in [6.45, 7) is 3.72. The van der Waals surface area contributed by atoms with Crippen LogP contribution in [-0.4, -0.2) is 39.8 Å². The maximum Gasteiger partial charge on any atom is 0.345 e. The van der Waals surface area contributed by atoms with E-state index in [1.165, 1.54) is 11.8 Å². The molecule has 1 rings (SSSR count). The van der Waals surface area contributed by atoms with Crippen LogP contribution in [0.5, 0.6) is 0 Å². The van der Waals surface area contributed by atoms with Crippen LogP contribution in [0.1, 0.15) is 20.3 Å². The monoisotopic (exact) mass is 232 g/mol. The van der Waals surface area contributed by atoms with Crippen LogP contribution in [-0.2, 0) is 0 Å². The number of nitrogens with zero attached hydrogens (tertiary/aromatic N) is 2. The lowest BCUT2D eigenvalue weighted by atomic mass is 10.2. The van der Waals surface area contributed by atoms with Gasteiger partial charge in [-0.05, 0) is 19.6 Å². The van der Waals surface area contributed by atoms with Crippen LogP contribution in [0.2, 0.25) is 0 Å². The second-order valence-electron chi connectivity index (χ2n) is 3.35. The zero-order valence-electron chi connectivity index (χ0n) is 9.06. The molecule has 0 bridgehead atoms. The molecule has 0 radical (unpaired) electrons. The summed E-state index contributed by atoms with van der Waals surface area (Å²) in [6.07, 6.45) is 2.48. The number of rotatable bonds is 3. The van der Waals surface area contributed by atoms with E-state index in [0.717, 1.165) is 9.91 Å². The van der Waals surface area contributed by atoms with Gasteiger partial charge in [0, 0.05) is 6.04 Å². The Labute approximate surface area is 93.1 Å². The smallest absolute Gasteiger partial charge is 0.307 e. The summed E-state index contributed by atoms with van der Waals surface area (Å²) in [5, 5.41) is 3.68. The van der Waals surface area contributed by atoms with Crippen molar-refractivity contribution in [2.45, 2.75) is 31.8 Å². The van der Waals surface area contributed by atoms with Gasteiger partial charge in [0.1, 0.15) is 0 Å². The van der Waals surface area contributed by atoms with Crippen molar-refractivity contribution in [3.63, 3.8) is 0 Å². The average molecular weight is 232 g/mol. The van der Waals surface area contributed by atoms with Crippen molar-refractivity contribution in [1.82, 2.24) is 15.2 Å². The molecule has 2 atom stereocenters. The van der Waals surface area contributed by atoms with E-state index in [9.17, 15) is 9.59 Å². The molecule has 1 aliphatic heterocycles. The fourth-order valence-corrected chi connectivity index (χ4v) is 1.84. The Bertz CT molecular complexity index is 273. The Morgan fingerprint density at radius 2 is 2.20 bits per heavy atom. The fraction of sp³-hybridized carbons (Fsp3) is 0.750. The summed E-state index contributed by atoms with van der Waals surface area (Å²) in [6, 6.07) is -0.978. The van der Waals surface area contributed by atoms with Crippen LogP contribution in [0.15, 0.2) is 0 Å². The summed E-state index contributed by atoms with van der Waals surface area (Å²) >= 11 is 1.30. The number of carbonyl (C=O) groups excluding carboxylic acids is 2. The predicted molar refractivity (Wildman–Crippen MR) is 58.8 cm³/mol. The minimum atomic E-state index is -0.481. The molecule has 86 valence electrons. The van der Waals surface area contributed by atoms with Gasteiger partial charge in [-0.1, -0.05) is 6.92 Å². The summed E-state index contributed by atoms with van der Waals surface area (Å²) in [5.74, 6) is 5.58. The molecule has 0 aliphatic carbocycles. The number of amides is 4. The van der Waals surface area contributed by atoms with E-state index in [4.69, 9.17) is 5.84 Å². The molecule has 0 spiro atoms. The van der Waals surface area contributed by atoms with Gasteiger partial charge >= 0.3 is 12.1 Å². The molecule has 1 aliphatic rings. The molecule has 4 amide bonds. The largest absolute Gasteiger partial charge is 0.345 e. The minimum Gasteiger partial charge on any atom is -0.307 e. The number of hydrazine groups is 1. The second kappa shape index (κ2) is 4.71. The summed E-state index contributed by atoms with van der Waals surface area (Å²) in [5.41, 5.74) is -0.481. The summed E-state index contributed by atoms with van der Waals surface area (Å²) in [7, 11) is 0. The third kappa shape index (κ3) is 2.18. The van der Waals surface area contributed by atoms with Crippen LogP contribution in [0, 0.1) is 0 Å². The van der Waals surface area contributed by atoms with Crippen LogP contribution in [0.25, 0.3) is 0 Å². The number of carbonyl (C=O) groups is 2. The van der Waals surface area contributed by atoms with Crippen LogP contribution < -0.4 is 11.2 Å². The van der Waals surface area contributed by atoms with Gasteiger partial charge in [0.15, 0.2) is 5.50 Å². The predicted octanol–water partition coefficient (Wildman–Crippen LogP) is 0.752. The first-order valence-electron chi connectivity index (χ1n) is 4.73. The molecule has 15 heavy (non-hydrogen) atoms. The highest BCUT2D eigenvalue weighted by Crippen LogP contribution is 2.17. The Morgan fingerprint density at radius 3 is 2.67 bits per heavy atom. The molecule has 0 aromatic carbocycles. The van der Waals surface area contributed by atoms with Gasteiger partial charge in [-0.3, -0.25) is 0 Å². The second-order valence-corrected chi connectivity index (χ2v) is 4.27. The van der Waals surface area contributed by atoms with Gasteiger partial charge in [0.2, 0.25) is 0 Å². The number of nitrogens with two attached hydrogens (primary N) is 1. The number of thioether (sulfide) groups is 1. The van der Waals surface area contributed by atoms with Crippen molar-refractivity contribution in [1.29, 1.82) is 0 Å². The molecular formula is C8H16N4O2S. The van der Waals surface area contributed by atoms with E-state index >= 15 is 0 Å². The Kier molecular flexibility index (Phi) is 3.81. The molecule has 1 fully saturated rings. The van der Waals surface area contributed by atoms with Gasteiger partial charge in [-0.25, -0.2) is 25.3 Å². The van der Waals surface area contributed by atoms with E-state index in [-0.39, 0.29) is 12.1 Å². The number of hydrogen-bond donors (Lipinski definition) is 2. The maximum atomic E-state index is 11.8. The van der Waals surface area contributed by atoms with Gasteiger partial charge in [0.25, 0.3) is 0 Å².